The summed E-state index contributed by atoms with van der Waals surface area (Å²) in [4.78, 5) is 12.4. The summed E-state index contributed by atoms with van der Waals surface area (Å²) < 4.78 is 0. The van der Waals surface area contributed by atoms with Gasteiger partial charge in [0.25, 0.3) is 0 Å². The lowest BCUT2D eigenvalue weighted by molar-refractivity contribution is 0.673. The second-order valence-electron chi connectivity index (χ2n) is 4.72. The van der Waals surface area contributed by atoms with E-state index in [0.717, 1.165) is 23.7 Å². The molecule has 0 aliphatic rings. The number of rotatable bonds is 5. The standard InChI is InChI=1S/C14H20N4S/c1-10(2)18(8-12-6-5-7-19-12)14-11(3)13(15-4)16-9-17-14/h5-7,9-10H,8H2,1-4H3,(H,15,16,17). The van der Waals surface area contributed by atoms with E-state index in [1.54, 1.807) is 17.7 Å². The summed E-state index contributed by atoms with van der Waals surface area (Å²) in [5.74, 6) is 1.89. The molecule has 0 bridgehead atoms. The predicted octanol–water partition coefficient (Wildman–Crippen LogP) is 3.30. The van der Waals surface area contributed by atoms with Crippen molar-refractivity contribution in [2.24, 2.45) is 0 Å². The fourth-order valence-electron chi connectivity index (χ4n) is 2.05. The van der Waals surface area contributed by atoms with Gasteiger partial charge in [0.15, 0.2) is 0 Å². The Morgan fingerprint density at radius 2 is 2.16 bits per heavy atom. The first kappa shape index (κ1) is 13.8. The highest BCUT2D eigenvalue weighted by Crippen LogP contribution is 2.26. The van der Waals surface area contributed by atoms with E-state index in [1.165, 1.54) is 4.88 Å². The van der Waals surface area contributed by atoms with E-state index in [1.807, 2.05) is 7.05 Å². The Balaban J connectivity index is 2.34. The Morgan fingerprint density at radius 3 is 2.74 bits per heavy atom. The number of aromatic nitrogens is 2. The largest absolute Gasteiger partial charge is 0.373 e. The van der Waals surface area contributed by atoms with E-state index in [9.17, 15) is 0 Å². The molecule has 0 amide bonds. The van der Waals surface area contributed by atoms with Crippen LogP contribution in [-0.4, -0.2) is 23.1 Å². The van der Waals surface area contributed by atoms with Gasteiger partial charge in [-0.25, -0.2) is 9.97 Å². The molecule has 0 aliphatic heterocycles. The van der Waals surface area contributed by atoms with Crippen molar-refractivity contribution in [2.45, 2.75) is 33.4 Å². The topological polar surface area (TPSA) is 41.1 Å². The number of hydrogen-bond donors (Lipinski definition) is 1. The molecule has 0 aliphatic carbocycles. The van der Waals surface area contributed by atoms with Crippen LogP contribution >= 0.6 is 11.3 Å². The quantitative estimate of drug-likeness (QED) is 0.909. The second-order valence-corrected chi connectivity index (χ2v) is 5.75. The van der Waals surface area contributed by atoms with Crippen LogP contribution in [0.4, 0.5) is 11.6 Å². The fourth-order valence-corrected chi connectivity index (χ4v) is 2.76. The summed E-state index contributed by atoms with van der Waals surface area (Å²) in [7, 11) is 1.89. The van der Waals surface area contributed by atoms with E-state index in [4.69, 9.17) is 0 Å². The molecule has 0 atom stereocenters. The first-order valence-corrected chi connectivity index (χ1v) is 7.29. The van der Waals surface area contributed by atoms with Crippen LogP contribution in [0.5, 0.6) is 0 Å². The van der Waals surface area contributed by atoms with Crippen LogP contribution < -0.4 is 10.2 Å². The molecule has 5 heteroatoms. The molecule has 2 aromatic heterocycles. The Kier molecular flexibility index (Phi) is 4.37. The highest BCUT2D eigenvalue weighted by molar-refractivity contribution is 7.09. The molecule has 2 rings (SSSR count). The third-order valence-electron chi connectivity index (χ3n) is 3.10. The lowest BCUT2D eigenvalue weighted by Crippen LogP contribution is -2.31. The SMILES string of the molecule is CNc1ncnc(N(Cc2cccs2)C(C)C)c1C. The summed E-state index contributed by atoms with van der Waals surface area (Å²) in [6.07, 6.45) is 1.62. The number of nitrogens with zero attached hydrogens (tertiary/aromatic N) is 3. The average molecular weight is 276 g/mol. The Morgan fingerprint density at radius 1 is 1.37 bits per heavy atom. The minimum Gasteiger partial charge on any atom is -0.373 e. The average Bonchev–Trinajstić information content (AvgIpc) is 2.89. The predicted molar refractivity (Wildman–Crippen MR) is 82.0 cm³/mol. The van der Waals surface area contributed by atoms with Gasteiger partial charge in [0.2, 0.25) is 0 Å². The number of thiophene rings is 1. The van der Waals surface area contributed by atoms with Gasteiger partial charge in [-0.1, -0.05) is 6.07 Å². The smallest absolute Gasteiger partial charge is 0.137 e. The van der Waals surface area contributed by atoms with Crippen molar-refractivity contribution < 1.29 is 0 Å². The van der Waals surface area contributed by atoms with E-state index >= 15 is 0 Å². The zero-order valence-electron chi connectivity index (χ0n) is 11.8. The third-order valence-corrected chi connectivity index (χ3v) is 3.96. The molecule has 0 spiro atoms. The molecule has 0 unspecified atom stereocenters. The Hall–Kier alpha value is -1.62. The van der Waals surface area contributed by atoms with Gasteiger partial charge in [-0.15, -0.1) is 11.3 Å². The van der Waals surface area contributed by atoms with E-state index in [0.29, 0.717) is 6.04 Å². The molecular weight excluding hydrogens is 256 g/mol. The van der Waals surface area contributed by atoms with Gasteiger partial charge < -0.3 is 10.2 Å². The maximum atomic E-state index is 4.47. The molecule has 102 valence electrons. The lowest BCUT2D eigenvalue weighted by atomic mass is 10.2. The van der Waals surface area contributed by atoms with Crippen LogP contribution in [-0.2, 0) is 6.54 Å². The van der Waals surface area contributed by atoms with Gasteiger partial charge in [0.1, 0.15) is 18.0 Å². The zero-order chi connectivity index (χ0) is 13.8. The van der Waals surface area contributed by atoms with Crippen LogP contribution in [0.25, 0.3) is 0 Å². The van der Waals surface area contributed by atoms with Gasteiger partial charge in [-0.2, -0.15) is 0 Å². The van der Waals surface area contributed by atoms with Gasteiger partial charge in [0, 0.05) is 23.5 Å². The monoisotopic (exact) mass is 276 g/mol. The number of nitrogens with one attached hydrogen (secondary N) is 1. The Labute approximate surface area is 118 Å². The van der Waals surface area contributed by atoms with Crippen LogP contribution in [0.1, 0.15) is 24.3 Å². The van der Waals surface area contributed by atoms with Gasteiger partial charge >= 0.3 is 0 Å². The number of hydrogen-bond acceptors (Lipinski definition) is 5. The van der Waals surface area contributed by atoms with Crippen molar-refractivity contribution in [1.82, 2.24) is 9.97 Å². The summed E-state index contributed by atoms with van der Waals surface area (Å²) in [5.41, 5.74) is 1.09. The van der Waals surface area contributed by atoms with Crippen molar-refractivity contribution >= 4 is 23.0 Å². The summed E-state index contributed by atoms with van der Waals surface area (Å²) in [5, 5.41) is 5.22. The summed E-state index contributed by atoms with van der Waals surface area (Å²) >= 11 is 1.78. The molecule has 0 fully saturated rings. The van der Waals surface area contributed by atoms with Crippen molar-refractivity contribution in [3.8, 4) is 0 Å². The fraction of sp³-hybridized carbons (Fsp3) is 0.429. The molecule has 1 N–H and O–H groups in total. The second kappa shape index (κ2) is 6.02. The zero-order valence-corrected chi connectivity index (χ0v) is 12.7. The van der Waals surface area contributed by atoms with E-state index < -0.39 is 0 Å². The Bertz CT molecular complexity index is 522. The first-order valence-electron chi connectivity index (χ1n) is 6.42. The molecular formula is C14H20N4S. The maximum Gasteiger partial charge on any atom is 0.137 e. The summed E-state index contributed by atoms with van der Waals surface area (Å²) in [6.45, 7) is 7.32. The van der Waals surface area contributed by atoms with Gasteiger partial charge in [-0.05, 0) is 32.2 Å². The van der Waals surface area contributed by atoms with Crippen molar-refractivity contribution in [3.63, 3.8) is 0 Å². The number of anilines is 2. The lowest BCUT2D eigenvalue weighted by Gasteiger charge is -2.29. The van der Waals surface area contributed by atoms with Crippen LogP contribution in [0.15, 0.2) is 23.8 Å². The van der Waals surface area contributed by atoms with E-state index in [2.05, 4.69) is 58.5 Å². The molecule has 0 aromatic carbocycles. The highest BCUT2D eigenvalue weighted by atomic mass is 32.1. The van der Waals surface area contributed by atoms with Crippen LogP contribution in [0.3, 0.4) is 0 Å². The van der Waals surface area contributed by atoms with Gasteiger partial charge in [-0.3, -0.25) is 0 Å². The first-order chi connectivity index (χ1) is 9.13. The normalized spacial score (nSPS) is 10.8. The molecule has 0 saturated heterocycles. The molecule has 0 radical (unpaired) electrons. The molecule has 4 nitrogen and oxygen atoms in total. The minimum atomic E-state index is 0.389. The maximum absolute atomic E-state index is 4.47. The minimum absolute atomic E-state index is 0.389. The molecule has 2 heterocycles. The molecule has 19 heavy (non-hydrogen) atoms. The molecule has 0 saturated carbocycles. The summed E-state index contributed by atoms with van der Waals surface area (Å²) in [6, 6.07) is 4.64. The van der Waals surface area contributed by atoms with Crippen molar-refractivity contribution in [3.05, 3.63) is 34.3 Å². The van der Waals surface area contributed by atoms with Crippen molar-refractivity contribution in [1.29, 1.82) is 0 Å². The van der Waals surface area contributed by atoms with Crippen molar-refractivity contribution in [2.75, 3.05) is 17.3 Å². The van der Waals surface area contributed by atoms with Gasteiger partial charge in [0.05, 0.1) is 6.54 Å². The highest BCUT2D eigenvalue weighted by Gasteiger charge is 2.17. The van der Waals surface area contributed by atoms with Crippen LogP contribution in [0.2, 0.25) is 0 Å². The van der Waals surface area contributed by atoms with E-state index in [-0.39, 0.29) is 0 Å². The van der Waals surface area contributed by atoms with Crippen LogP contribution in [0, 0.1) is 6.92 Å². The third kappa shape index (κ3) is 3.04. The molecule has 2 aromatic rings.